The van der Waals surface area contributed by atoms with Crippen LogP contribution in [0, 0.1) is 0 Å². The highest BCUT2D eigenvalue weighted by atomic mass is 35.5. The number of hydrogen-bond donors (Lipinski definition) is 0. The van der Waals surface area contributed by atoms with Crippen molar-refractivity contribution in [3.05, 3.63) is 65.0 Å². The molecular formula is C23H27Cl2N3O3. The van der Waals surface area contributed by atoms with Gasteiger partial charge in [-0.15, -0.1) is 12.4 Å². The third-order valence-electron chi connectivity index (χ3n) is 6.64. The first-order valence-corrected chi connectivity index (χ1v) is 10.5. The Morgan fingerprint density at radius 1 is 1.06 bits per heavy atom. The first-order chi connectivity index (χ1) is 14.1. The van der Waals surface area contributed by atoms with Crippen molar-refractivity contribution in [1.82, 2.24) is 15.0 Å². The zero-order valence-corrected chi connectivity index (χ0v) is 19.1. The number of halogens is 2. The molecule has 2 saturated heterocycles. The highest BCUT2D eigenvalue weighted by Crippen LogP contribution is 2.50. The van der Waals surface area contributed by atoms with Crippen LogP contribution in [0.2, 0.25) is 5.02 Å². The van der Waals surface area contributed by atoms with Crippen molar-refractivity contribution in [1.29, 1.82) is 0 Å². The van der Waals surface area contributed by atoms with E-state index < -0.39 is 0 Å². The molecule has 6 nitrogen and oxygen atoms in total. The summed E-state index contributed by atoms with van der Waals surface area (Å²) in [4.78, 5) is 7.34. The fourth-order valence-corrected chi connectivity index (χ4v) is 5.21. The smallest absolute Gasteiger partial charge is 0.232 e. The Kier molecular flexibility index (Phi) is 7.27. The first-order valence-electron chi connectivity index (χ1n) is 10.1. The zero-order valence-electron chi connectivity index (χ0n) is 17.5. The highest BCUT2D eigenvalue weighted by Gasteiger charge is 2.48. The highest BCUT2D eigenvalue weighted by molar-refractivity contribution is 6.30. The summed E-state index contributed by atoms with van der Waals surface area (Å²) in [6, 6.07) is 17.0. The molecule has 3 heterocycles. The van der Waals surface area contributed by atoms with Crippen molar-refractivity contribution in [2.24, 2.45) is 0 Å². The van der Waals surface area contributed by atoms with Gasteiger partial charge in [0.05, 0.1) is 13.0 Å². The summed E-state index contributed by atoms with van der Waals surface area (Å²) < 4.78 is 11.1. The maximum absolute atomic E-state index is 6.13. The van der Waals surface area contributed by atoms with Gasteiger partial charge in [0.25, 0.3) is 0 Å². The van der Waals surface area contributed by atoms with Crippen LogP contribution in [0.4, 0.5) is 0 Å². The van der Waals surface area contributed by atoms with Gasteiger partial charge in [0.15, 0.2) is 0 Å². The normalized spacial score (nSPS) is 24.9. The second-order valence-corrected chi connectivity index (χ2v) is 8.50. The number of aromatic nitrogens is 2. The molecule has 2 bridgehead atoms. The van der Waals surface area contributed by atoms with Crippen molar-refractivity contribution in [3.8, 4) is 17.1 Å². The Balaban J connectivity index is 0.00000136. The largest absolute Gasteiger partial charge is 0.497 e. The number of fused-ring (bicyclic) bond motifs is 2. The van der Waals surface area contributed by atoms with Gasteiger partial charge in [-0.2, -0.15) is 4.98 Å². The van der Waals surface area contributed by atoms with E-state index in [0.717, 1.165) is 35.1 Å². The van der Waals surface area contributed by atoms with Crippen LogP contribution >= 0.6 is 24.0 Å². The van der Waals surface area contributed by atoms with E-state index in [-0.39, 0.29) is 23.8 Å². The van der Waals surface area contributed by atoms with Crippen LogP contribution in [-0.4, -0.2) is 46.8 Å². The molecule has 166 valence electrons. The number of benzene rings is 2. The molecule has 2 N–H and O–H groups in total. The summed E-state index contributed by atoms with van der Waals surface area (Å²) in [5, 5.41) is 5.06. The molecule has 3 aromatic rings. The monoisotopic (exact) mass is 463 g/mol. The molecule has 1 aromatic heterocycles. The number of piperidine rings is 1. The Hall–Kier alpha value is -2.12. The van der Waals surface area contributed by atoms with Crippen molar-refractivity contribution >= 4 is 24.0 Å². The van der Waals surface area contributed by atoms with Crippen molar-refractivity contribution in [2.45, 2.75) is 43.2 Å². The SMILES string of the molecule is COc1ccc(-c2noc(C3C(c4ccc(Cl)cc4)CC4CCC3N4C)n2)cc1.Cl.O. The van der Waals surface area contributed by atoms with Gasteiger partial charge in [0.2, 0.25) is 11.7 Å². The fourth-order valence-electron chi connectivity index (χ4n) is 5.08. The molecule has 5 rings (SSSR count). The second-order valence-electron chi connectivity index (χ2n) is 8.07. The number of hydrogen-bond acceptors (Lipinski definition) is 5. The molecular weight excluding hydrogens is 437 g/mol. The summed E-state index contributed by atoms with van der Waals surface area (Å²) in [6.07, 6.45) is 3.48. The average molecular weight is 464 g/mol. The van der Waals surface area contributed by atoms with Crippen molar-refractivity contribution < 1.29 is 14.7 Å². The van der Waals surface area contributed by atoms with Crippen molar-refractivity contribution in [3.63, 3.8) is 0 Å². The van der Waals surface area contributed by atoms with Crippen LogP contribution in [-0.2, 0) is 0 Å². The molecule has 8 heteroatoms. The Labute approximate surface area is 193 Å². The van der Waals surface area contributed by atoms with Crippen LogP contribution < -0.4 is 4.74 Å². The maximum Gasteiger partial charge on any atom is 0.232 e. The Morgan fingerprint density at radius 3 is 2.45 bits per heavy atom. The van der Waals surface area contributed by atoms with Gasteiger partial charge in [-0.25, -0.2) is 0 Å². The quantitative estimate of drug-likeness (QED) is 0.558. The summed E-state index contributed by atoms with van der Waals surface area (Å²) in [6.45, 7) is 0. The van der Waals surface area contributed by atoms with Crippen LogP contribution in [0.1, 0.15) is 42.6 Å². The summed E-state index contributed by atoms with van der Waals surface area (Å²) >= 11 is 6.13. The Morgan fingerprint density at radius 2 is 1.77 bits per heavy atom. The predicted octanol–water partition coefficient (Wildman–Crippen LogP) is 4.73. The molecule has 0 saturated carbocycles. The van der Waals surface area contributed by atoms with E-state index in [2.05, 4.69) is 29.2 Å². The molecule has 2 aliphatic rings. The Bertz CT molecular complexity index is 994. The van der Waals surface area contributed by atoms with E-state index in [9.17, 15) is 0 Å². The molecule has 0 radical (unpaired) electrons. The minimum atomic E-state index is 0. The lowest BCUT2D eigenvalue weighted by atomic mass is 9.76. The zero-order chi connectivity index (χ0) is 20.0. The summed E-state index contributed by atoms with van der Waals surface area (Å²) in [5.41, 5.74) is 2.23. The topological polar surface area (TPSA) is 82.9 Å². The van der Waals surface area contributed by atoms with Gasteiger partial charge in [-0.05, 0) is 74.2 Å². The molecule has 31 heavy (non-hydrogen) atoms. The van der Waals surface area contributed by atoms with Crippen LogP contribution in [0.5, 0.6) is 5.75 Å². The molecule has 4 atom stereocenters. The maximum atomic E-state index is 6.13. The van der Waals surface area contributed by atoms with Crippen LogP contribution in [0.15, 0.2) is 53.1 Å². The van der Waals surface area contributed by atoms with Gasteiger partial charge in [0.1, 0.15) is 5.75 Å². The van der Waals surface area contributed by atoms with Gasteiger partial charge >= 0.3 is 0 Å². The molecule has 0 aliphatic carbocycles. The van der Waals surface area contributed by atoms with Crippen molar-refractivity contribution in [2.75, 3.05) is 14.2 Å². The molecule has 0 amide bonds. The number of ether oxygens (including phenoxy) is 1. The van der Waals surface area contributed by atoms with Gasteiger partial charge in [0, 0.05) is 22.7 Å². The summed E-state index contributed by atoms with van der Waals surface area (Å²) in [5.74, 6) is 2.70. The second kappa shape index (κ2) is 9.57. The fraction of sp³-hybridized carbons (Fsp3) is 0.391. The third-order valence-corrected chi connectivity index (χ3v) is 6.89. The van der Waals surface area contributed by atoms with Gasteiger partial charge in [-0.1, -0.05) is 28.9 Å². The van der Waals surface area contributed by atoms with E-state index in [1.807, 2.05) is 36.4 Å². The van der Waals surface area contributed by atoms with E-state index in [1.54, 1.807) is 7.11 Å². The minimum absolute atomic E-state index is 0. The average Bonchev–Trinajstić information content (AvgIpc) is 3.31. The summed E-state index contributed by atoms with van der Waals surface area (Å²) in [7, 11) is 3.89. The van der Waals surface area contributed by atoms with E-state index >= 15 is 0 Å². The number of methoxy groups -OCH3 is 1. The lowest BCUT2D eigenvalue weighted by molar-refractivity contribution is 0.120. The lowest BCUT2D eigenvalue weighted by Crippen LogP contribution is -2.44. The number of nitrogens with zero attached hydrogens (tertiary/aromatic N) is 3. The van der Waals surface area contributed by atoms with E-state index in [4.69, 9.17) is 25.8 Å². The molecule has 2 aliphatic heterocycles. The van der Waals surface area contributed by atoms with Gasteiger partial charge < -0.3 is 14.7 Å². The van der Waals surface area contributed by atoms with E-state index in [1.165, 1.54) is 12.0 Å². The third kappa shape index (κ3) is 4.30. The number of likely N-dealkylation sites (N-methyl/N-ethyl adjacent to an activating group) is 1. The standard InChI is InChI=1S/C23H24ClN3O2.ClH.H2O/c1-27-17-9-12-20(27)21(19(13-17)14-3-7-16(24)8-4-14)23-25-22(26-29-23)15-5-10-18(28-2)11-6-15;;/h3-8,10-11,17,19-21H,9,12-13H2,1-2H3;1H;1H2. The van der Waals surface area contributed by atoms with Crippen LogP contribution in [0.3, 0.4) is 0 Å². The lowest BCUT2D eigenvalue weighted by Gasteiger charge is -2.41. The minimum Gasteiger partial charge on any atom is -0.497 e. The molecule has 0 spiro atoms. The van der Waals surface area contributed by atoms with E-state index in [0.29, 0.717) is 23.8 Å². The number of rotatable bonds is 4. The molecule has 2 aromatic carbocycles. The van der Waals surface area contributed by atoms with Gasteiger partial charge in [-0.3, -0.25) is 4.90 Å². The molecule has 2 fully saturated rings. The first kappa shape index (κ1) is 23.5. The van der Waals surface area contributed by atoms with Crippen LogP contribution in [0.25, 0.3) is 11.4 Å². The predicted molar refractivity (Wildman–Crippen MR) is 123 cm³/mol. The molecule has 4 unspecified atom stereocenters.